The second kappa shape index (κ2) is 6.14. The summed E-state index contributed by atoms with van der Waals surface area (Å²) >= 11 is 5.91. The predicted molar refractivity (Wildman–Crippen MR) is 84.1 cm³/mol. The summed E-state index contributed by atoms with van der Waals surface area (Å²) in [5.74, 6) is 0. The molecule has 3 rings (SSSR count). The van der Waals surface area contributed by atoms with Gasteiger partial charge in [-0.3, -0.25) is 9.88 Å². The zero-order chi connectivity index (χ0) is 14.7. The standard InChI is InChI=1S/C17H19ClN2O/c18-16-3-1-15(2-4-16)17(21)7-11-20(12-8-17)13-14-5-9-19-10-6-14/h1-6,9-10,21H,7-8,11-13H2. The fraction of sp³-hybridized carbons (Fsp3) is 0.353. The highest BCUT2D eigenvalue weighted by Crippen LogP contribution is 2.33. The molecule has 1 aliphatic heterocycles. The zero-order valence-corrected chi connectivity index (χ0v) is 12.6. The summed E-state index contributed by atoms with van der Waals surface area (Å²) in [6.07, 6.45) is 5.14. The van der Waals surface area contributed by atoms with Crippen LogP contribution in [0.25, 0.3) is 0 Å². The van der Waals surface area contributed by atoms with E-state index in [2.05, 4.69) is 9.88 Å². The van der Waals surface area contributed by atoms with E-state index in [0.29, 0.717) is 5.02 Å². The second-order valence-corrected chi connectivity index (χ2v) is 6.11. The Labute approximate surface area is 130 Å². The van der Waals surface area contributed by atoms with Crippen molar-refractivity contribution in [3.63, 3.8) is 0 Å². The Hall–Kier alpha value is -1.42. The van der Waals surface area contributed by atoms with Gasteiger partial charge in [-0.25, -0.2) is 0 Å². The highest BCUT2D eigenvalue weighted by Gasteiger charge is 2.33. The molecule has 0 saturated carbocycles. The number of benzene rings is 1. The lowest BCUT2D eigenvalue weighted by molar-refractivity contribution is -0.0277. The number of pyridine rings is 1. The molecule has 21 heavy (non-hydrogen) atoms. The molecule has 0 spiro atoms. The third kappa shape index (κ3) is 3.43. The van der Waals surface area contributed by atoms with Crippen molar-refractivity contribution < 1.29 is 5.11 Å². The van der Waals surface area contributed by atoms with Gasteiger partial charge in [0.15, 0.2) is 0 Å². The van der Waals surface area contributed by atoms with Crippen LogP contribution < -0.4 is 0 Å². The van der Waals surface area contributed by atoms with E-state index in [0.717, 1.165) is 38.0 Å². The van der Waals surface area contributed by atoms with Crippen LogP contribution in [0.15, 0.2) is 48.8 Å². The Morgan fingerprint density at radius 2 is 1.67 bits per heavy atom. The van der Waals surface area contributed by atoms with Gasteiger partial charge in [0.05, 0.1) is 5.60 Å². The van der Waals surface area contributed by atoms with E-state index in [1.807, 2.05) is 48.8 Å². The number of aliphatic hydroxyl groups is 1. The zero-order valence-electron chi connectivity index (χ0n) is 11.9. The van der Waals surface area contributed by atoms with Crippen LogP contribution in [0.4, 0.5) is 0 Å². The van der Waals surface area contributed by atoms with Crippen molar-refractivity contribution in [1.29, 1.82) is 0 Å². The molecule has 0 atom stereocenters. The van der Waals surface area contributed by atoms with Crippen LogP contribution in [-0.2, 0) is 12.1 Å². The first kappa shape index (κ1) is 14.5. The van der Waals surface area contributed by atoms with Gasteiger partial charge in [-0.1, -0.05) is 23.7 Å². The number of nitrogens with zero attached hydrogens (tertiary/aromatic N) is 2. The van der Waals surface area contributed by atoms with Crippen molar-refractivity contribution in [3.05, 3.63) is 64.9 Å². The van der Waals surface area contributed by atoms with Gasteiger partial charge in [0, 0.05) is 37.1 Å². The van der Waals surface area contributed by atoms with E-state index in [4.69, 9.17) is 11.6 Å². The van der Waals surface area contributed by atoms with Crippen LogP contribution in [0, 0.1) is 0 Å². The van der Waals surface area contributed by atoms with E-state index in [9.17, 15) is 5.11 Å². The Kier molecular flexibility index (Phi) is 4.24. The van der Waals surface area contributed by atoms with Crippen LogP contribution in [0.1, 0.15) is 24.0 Å². The fourth-order valence-electron chi connectivity index (χ4n) is 2.88. The number of likely N-dealkylation sites (tertiary alicyclic amines) is 1. The lowest BCUT2D eigenvalue weighted by atomic mass is 9.84. The molecular weight excluding hydrogens is 284 g/mol. The molecule has 0 radical (unpaired) electrons. The lowest BCUT2D eigenvalue weighted by Gasteiger charge is -2.38. The van der Waals surface area contributed by atoms with Crippen molar-refractivity contribution in [3.8, 4) is 0 Å². The van der Waals surface area contributed by atoms with Crippen molar-refractivity contribution >= 4 is 11.6 Å². The van der Waals surface area contributed by atoms with Crippen molar-refractivity contribution in [2.45, 2.75) is 25.0 Å². The summed E-state index contributed by atoms with van der Waals surface area (Å²) in [6, 6.07) is 11.6. The van der Waals surface area contributed by atoms with Crippen molar-refractivity contribution in [2.24, 2.45) is 0 Å². The van der Waals surface area contributed by atoms with Crippen LogP contribution in [-0.4, -0.2) is 28.1 Å². The van der Waals surface area contributed by atoms with Crippen LogP contribution in [0.3, 0.4) is 0 Å². The first-order valence-electron chi connectivity index (χ1n) is 7.25. The molecule has 2 aromatic rings. The fourth-order valence-corrected chi connectivity index (χ4v) is 3.00. The molecule has 1 saturated heterocycles. The van der Waals surface area contributed by atoms with Gasteiger partial charge in [-0.2, -0.15) is 0 Å². The summed E-state index contributed by atoms with van der Waals surface area (Å²) in [4.78, 5) is 6.41. The first-order valence-corrected chi connectivity index (χ1v) is 7.63. The number of piperidine rings is 1. The minimum atomic E-state index is -0.723. The van der Waals surface area contributed by atoms with Gasteiger partial charge < -0.3 is 5.11 Å². The summed E-state index contributed by atoms with van der Waals surface area (Å²) in [7, 11) is 0. The number of rotatable bonds is 3. The summed E-state index contributed by atoms with van der Waals surface area (Å²) < 4.78 is 0. The second-order valence-electron chi connectivity index (χ2n) is 5.67. The largest absolute Gasteiger partial charge is 0.385 e. The first-order chi connectivity index (χ1) is 10.2. The third-order valence-electron chi connectivity index (χ3n) is 4.22. The average molecular weight is 303 g/mol. The molecule has 0 aliphatic carbocycles. The molecule has 1 aromatic heterocycles. The highest BCUT2D eigenvalue weighted by atomic mass is 35.5. The maximum atomic E-state index is 10.8. The Morgan fingerprint density at radius 1 is 1.05 bits per heavy atom. The van der Waals surface area contributed by atoms with Gasteiger partial charge in [0.2, 0.25) is 0 Å². The monoisotopic (exact) mass is 302 g/mol. The van der Waals surface area contributed by atoms with E-state index in [1.54, 1.807) is 0 Å². The topological polar surface area (TPSA) is 36.4 Å². The van der Waals surface area contributed by atoms with Gasteiger partial charge in [-0.05, 0) is 48.2 Å². The molecule has 110 valence electrons. The summed E-state index contributed by atoms with van der Waals surface area (Å²) in [6.45, 7) is 2.70. The normalized spacial score (nSPS) is 18.6. The molecule has 4 heteroatoms. The number of hydrogen-bond acceptors (Lipinski definition) is 3. The SMILES string of the molecule is OC1(c2ccc(Cl)cc2)CCN(Cc2ccncc2)CC1. The molecule has 1 aromatic carbocycles. The molecule has 1 aliphatic rings. The summed E-state index contributed by atoms with van der Waals surface area (Å²) in [5.41, 5.74) is 1.51. The summed E-state index contributed by atoms with van der Waals surface area (Å²) in [5, 5.41) is 11.5. The van der Waals surface area contributed by atoms with E-state index in [1.165, 1.54) is 5.56 Å². The maximum Gasteiger partial charge on any atom is 0.0920 e. The smallest absolute Gasteiger partial charge is 0.0920 e. The molecule has 0 unspecified atom stereocenters. The third-order valence-corrected chi connectivity index (χ3v) is 4.47. The van der Waals surface area contributed by atoms with Gasteiger partial charge >= 0.3 is 0 Å². The van der Waals surface area contributed by atoms with Crippen LogP contribution in [0.2, 0.25) is 5.02 Å². The van der Waals surface area contributed by atoms with Crippen LogP contribution in [0.5, 0.6) is 0 Å². The predicted octanol–water partition coefficient (Wildman–Crippen LogP) is 3.22. The van der Waals surface area contributed by atoms with Crippen molar-refractivity contribution in [1.82, 2.24) is 9.88 Å². The molecule has 1 fully saturated rings. The van der Waals surface area contributed by atoms with E-state index < -0.39 is 5.60 Å². The number of halogens is 1. The maximum absolute atomic E-state index is 10.8. The molecule has 0 bridgehead atoms. The quantitative estimate of drug-likeness (QED) is 0.946. The highest BCUT2D eigenvalue weighted by molar-refractivity contribution is 6.30. The minimum Gasteiger partial charge on any atom is -0.385 e. The molecule has 3 nitrogen and oxygen atoms in total. The molecule has 2 heterocycles. The number of aromatic nitrogens is 1. The Morgan fingerprint density at radius 3 is 2.29 bits per heavy atom. The Balaban J connectivity index is 1.63. The van der Waals surface area contributed by atoms with Gasteiger partial charge in [0.25, 0.3) is 0 Å². The molecule has 1 N–H and O–H groups in total. The van der Waals surface area contributed by atoms with E-state index >= 15 is 0 Å². The lowest BCUT2D eigenvalue weighted by Crippen LogP contribution is -2.42. The minimum absolute atomic E-state index is 0.706. The van der Waals surface area contributed by atoms with Gasteiger partial charge in [0.1, 0.15) is 0 Å². The van der Waals surface area contributed by atoms with Crippen molar-refractivity contribution in [2.75, 3.05) is 13.1 Å². The molecular formula is C17H19ClN2O. The number of hydrogen-bond donors (Lipinski definition) is 1. The van der Waals surface area contributed by atoms with E-state index in [-0.39, 0.29) is 0 Å². The Bertz CT molecular complexity index is 577. The van der Waals surface area contributed by atoms with Gasteiger partial charge in [-0.15, -0.1) is 0 Å². The average Bonchev–Trinajstić information content (AvgIpc) is 2.51. The van der Waals surface area contributed by atoms with Crippen LogP contribution >= 0.6 is 11.6 Å². The molecule has 0 amide bonds.